The van der Waals surface area contributed by atoms with Gasteiger partial charge in [0.1, 0.15) is 5.82 Å². The van der Waals surface area contributed by atoms with Gasteiger partial charge in [-0.1, -0.05) is 30.3 Å². The van der Waals surface area contributed by atoms with Crippen LogP contribution in [0.1, 0.15) is 45.0 Å². The minimum absolute atomic E-state index is 0.00859. The van der Waals surface area contributed by atoms with Crippen molar-refractivity contribution in [3.8, 4) is 11.1 Å². The van der Waals surface area contributed by atoms with Crippen molar-refractivity contribution in [3.05, 3.63) is 113 Å². The van der Waals surface area contributed by atoms with Crippen LogP contribution in [0.4, 0.5) is 23.4 Å². The fourth-order valence-electron chi connectivity index (χ4n) is 4.82. The zero-order valence-corrected chi connectivity index (χ0v) is 20.9. The largest absolute Gasteiger partial charge is 0.478 e. The molecule has 1 aliphatic rings. The quantitative estimate of drug-likeness (QED) is 0.209. The summed E-state index contributed by atoms with van der Waals surface area (Å²) in [6, 6.07) is 17.4. The minimum Gasteiger partial charge on any atom is -0.478 e. The highest BCUT2D eigenvalue weighted by Gasteiger charge is 2.33. The first-order chi connectivity index (χ1) is 18.4. The molecule has 11 heteroatoms. The van der Waals surface area contributed by atoms with Crippen LogP contribution in [0, 0.1) is 5.95 Å². The summed E-state index contributed by atoms with van der Waals surface area (Å²) in [5.41, 5.74) is 2.04. The van der Waals surface area contributed by atoms with Crippen LogP contribution in [0.3, 0.4) is 0 Å². The molecule has 0 fully saturated rings. The Kier molecular flexibility index (Phi) is 6.63. The van der Waals surface area contributed by atoms with Crippen LogP contribution in [0.25, 0.3) is 11.1 Å². The standard InChI is InChI=1S/C28H20F4N2O4S/c29-25-2-1-3-26(33-25)34-39(37,38)20-10-13-21-18(14-20)8-11-22(21)23-12-9-19(28(30,31)32)15-24(23)16-4-6-17(7-5-16)27(35)36/h1-7,9-10,12-15,22H,8,11H2,(H,33,34)(H,35,36). The van der Waals surface area contributed by atoms with Gasteiger partial charge in [-0.05, 0) is 89.2 Å². The molecule has 200 valence electrons. The Bertz CT molecular complexity index is 1690. The van der Waals surface area contributed by atoms with E-state index in [-0.39, 0.29) is 22.2 Å². The van der Waals surface area contributed by atoms with Crippen LogP contribution in [0.2, 0.25) is 0 Å². The first-order valence-electron chi connectivity index (χ1n) is 11.8. The predicted octanol–water partition coefficient (Wildman–Crippen LogP) is 6.48. The molecule has 4 aromatic rings. The van der Waals surface area contributed by atoms with Crippen molar-refractivity contribution in [2.24, 2.45) is 0 Å². The van der Waals surface area contributed by atoms with Gasteiger partial charge in [-0.3, -0.25) is 4.72 Å². The van der Waals surface area contributed by atoms with Crippen molar-refractivity contribution < 1.29 is 35.9 Å². The SMILES string of the molecule is O=C(O)c1ccc(-c2cc(C(F)(F)F)ccc2C2CCc3cc(S(=O)(=O)Nc4cccc(F)n4)ccc32)cc1. The summed E-state index contributed by atoms with van der Waals surface area (Å²) in [6.45, 7) is 0. The van der Waals surface area contributed by atoms with Crippen LogP contribution in [-0.4, -0.2) is 24.5 Å². The second kappa shape index (κ2) is 9.81. The molecule has 39 heavy (non-hydrogen) atoms. The maximum absolute atomic E-state index is 13.6. The van der Waals surface area contributed by atoms with Gasteiger partial charge in [-0.2, -0.15) is 17.6 Å². The highest BCUT2D eigenvalue weighted by molar-refractivity contribution is 7.92. The number of halogens is 4. The number of nitrogens with zero attached hydrogens (tertiary/aromatic N) is 1. The van der Waals surface area contributed by atoms with Gasteiger partial charge in [0.2, 0.25) is 5.95 Å². The molecule has 0 bridgehead atoms. The number of aryl methyl sites for hydroxylation is 1. The molecule has 0 saturated carbocycles. The molecule has 0 saturated heterocycles. The number of carbonyl (C=O) groups is 1. The summed E-state index contributed by atoms with van der Waals surface area (Å²) < 4.78 is 82.1. The Morgan fingerprint density at radius 2 is 1.67 bits per heavy atom. The number of hydrogen-bond acceptors (Lipinski definition) is 4. The third kappa shape index (κ3) is 5.35. The molecule has 1 heterocycles. The molecule has 2 N–H and O–H groups in total. The number of aromatic carboxylic acids is 1. The van der Waals surface area contributed by atoms with E-state index in [1.165, 1.54) is 54.6 Å². The van der Waals surface area contributed by atoms with E-state index in [0.717, 1.165) is 29.3 Å². The van der Waals surface area contributed by atoms with E-state index in [2.05, 4.69) is 9.71 Å². The number of sulfonamides is 1. The Hall–Kier alpha value is -4.25. The highest BCUT2D eigenvalue weighted by Crippen LogP contribution is 2.44. The lowest BCUT2D eigenvalue weighted by molar-refractivity contribution is -0.137. The Morgan fingerprint density at radius 3 is 2.33 bits per heavy atom. The first-order valence-corrected chi connectivity index (χ1v) is 13.2. The van der Waals surface area contributed by atoms with E-state index in [4.69, 9.17) is 0 Å². The van der Waals surface area contributed by atoms with Crippen LogP contribution >= 0.6 is 0 Å². The lowest BCUT2D eigenvalue weighted by Crippen LogP contribution is -2.14. The average Bonchev–Trinajstić information content (AvgIpc) is 3.31. The van der Waals surface area contributed by atoms with Gasteiger partial charge < -0.3 is 5.11 Å². The van der Waals surface area contributed by atoms with E-state index in [1.54, 1.807) is 6.07 Å². The summed E-state index contributed by atoms with van der Waals surface area (Å²) in [7, 11) is -4.07. The number of anilines is 1. The maximum atomic E-state index is 13.6. The molecule has 1 aliphatic carbocycles. The van der Waals surface area contributed by atoms with Crippen molar-refractivity contribution in [1.29, 1.82) is 0 Å². The molecule has 0 aliphatic heterocycles. The molecule has 0 radical (unpaired) electrons. The summed E-state index contributed by atoms with van der Waals surface area (Å²) in [4.78, 5) is 14.7. The van der Waals surface area contributed by atoms with E-state index < -0.39 is 33.7 Å². The van der Waals surface area contributed by atoms with E-state index in [0.29, 0.717) is 29.5 Å². The number of benzene rings is 3. The monoisotopic (exact) mass is 556 g/mol. The number of alkyl halides is 3. The Labute approximate surface area is 221 Å². The van der Waals surface area contributed by atoms with Crippen LogP contribution in [0.5, 0.6) is 0 Å². The normalized spacial score (nSPS) is 15.1. The Morgan fingerprint density at radius 1 is 0.949 bits per heavy atom. The average molecular weight is 557 g/mol. The van der Waals surface area contributed by atoms with Crippen molar-refractivity contribution in [3.63, 3.8) is 0 Å². The first kappa shape index (κ1) is 26.4. The number of carboxylic acid groups (broad SMARTS) is 1. The molecule has 6 nitrogen and oxygen atoms in total. The number of hydrogen-bond donors (Lipinski definition) is 2. The third-order valence-corrected chi connectivity index (χ3v) is 8.01. The molecule has 3 aromatic carbocycles. The molecule has 5 rings (SSSR count). The summed E-state index contributed by atoms with van der Waals surface area (Å²) >= 11 is 0. The Balaban J connectivity index is 1.52. The lowest BCUT2D eigenvalue weighted by Gasteiger charge is -2.20. The van der Waals surface area contributed by atoms with Crippen LogP contribution in [-0.2, 0) is 22.6 Å². The summed E-state index contributed by atoms with van der Waals surface area (Å²) in [5.74, 6) is -2.47. The molecule has 0 spiro atoms. The van der Waals surface area contributed by atoms with Gasteiger partial charge >= 0.3 is 12.1 Å². The smallest absolute Gasteiger partial charge is 0.416 e. The fraction of sp³-hybridized carbons (Fsp3) is 0.143. The molecule has 1 aromatic heterocycles. The second-order valence-corrected chi connectivity index (χ2v) is 10.8. The fourth-order valence-corrected chi connectivity index (χ4v) is 5.88. The van der Waals surface area contributed by atoms with Crippen molar-refractivity contribution >= 4 is 21.8 Å². The third-order valence-electron chi connectivity index (χ3n) is 6.66. The number of aromatic nitrogens is 1. The molecule has 1 atom stereocenters. The molecular weight excluding hydrogens is 536 g/mol. The van der Waals surface area contributed by atoms with Gasteiger partial charge in [0.05, 0.1) is 16.0 Å². The van der Waals surface area contributed by atoms with Crippen LogP contribution < -0.4 is 4.72 Å². The van der Waals surface area contributed by atoms with E-state index >= 15 is 0 Å². The van der Waals surface area contributed by atoms with Crippen molar-refractivity contribution in [2.75, 3.05) is 4.72 Å². The van der Waals surface area contributed by atoms with Crippen molar-refractivity contribution in [1.82, 2.24) is 4.98 Å². The number of rotatable bonds is 6. The topological polar surface area (TPSA) is 96.4 Å². The summed E-state index contributed by atoms with van der Waals surface area (Å²) in [6.07, 6.45) is -3.56. The molecular formula is C28H20F4N2O4S. The number of fused-ring (bicyclic) bond motifs is 1. The van der Waals surface area contributed by atoms with Gasteiger partial charge in [0, 0.05) is 5.92 Å². The number of nitrogens with one attached hydrogen (secondary N) is 1. The molecule has 0 amide bonds. The highest BCUT2D eigenvalue weighted by atomic mass is 32.2. The molecule has 1 unspecified atom stereocenters. The predicted molar refractivity (Wildman–Crippen MR) is 135 cm³/mol. The van der Waals surface area contributed by atoms with Gasteiger partial charge in [0.15, 0.2) is 0 Å². The van der Waals surface area contributed by atoms with Gasteiger partial charge in [-0.15, -0.1) is 0 Å². The van der Waals surface area contributed by atoms with Gasteiger partial charge in [0.25, 0.3) is 10.0 Å². The zero-order valence-electron chi connectivity index (χ0n) is 20.0. The van der Waals surface area contributed by atoms with E-state index in [1.807, 2.05) is 0 Å². The zero-order chi connectivity index (χ0) is 27.9. The second-order valence-electron chi connectivity index (χ2n) is 9.09. The maximum Gasteiger partial charge on any atom is 0.416 e. The van der Waals surface area contributed by atoms with E-state index in [9.17, 15) is 35.9 Å². The summed E-state index contributed by atoms with van der Waals surface area (Å²) in [5, 5.41) is 9.19. The number of carboxylic acids is 1. The number of pyridine rings is 1. The van der Waals surface area contributed by atoms with Crippen molar-refractivity contribution in [2.45, 2.75) is 29.8 Å². The lowest BCUT2D eigenvalue weighted by atomic mass is 9.85. The van der Waals surface area contributed by atoms with Gasteiger partial charge in [-0.25, -0.2) is 18.2 Å². The minimum atomic E-state index is -4.57. The van der Waals surface area contributed by atoms with Crippen LogP contribution in [0.15, 0.2) is 83.8 Å².